The van der Waals surface area contributed by atoms with Crippen LogP contribution in [0, 0.1) is 5.92 Å². The Hall–Kier alpha value is -4.71. The van der Waals surface area contributed by atoms with E-state index in [-0.39, 0.29) is 18.3 Å². The lowest BCUT2D eigenvalue weighted by Gasteiger charge is -2.24. The molecule has 2 aromatic carbocycles. The number of benzene rings is 2. The van der Waals surface area contributed by atoms with Crippen molar-refractivity contribution in [3.63, 3.8) is 0 Å². The zero-order valence-corrected chi connectivity index (χ0v) is 23.9. The lowest BCUT2D eigenvalue weighted by atomic mass is 10.0. The van der Waals surface area contributed by atoms with Gasteiger partial charge in [-0.25, -0.2) is 9.78 Å². The number of hydrogen-bond acceptors (Lipinski definition) is 8. The number of nitrogens with zero attached hydrogens (tertiary/aromatic N) is 1. The Kier molecular flexibility index (Phi) is 11.2. The lowest BCUT2D eigenvalue weighted by molar-refractivity contribution is -0.137. The summed E-state index contributed by atoms with van der Waals surface area (Å²) in [4.78, 5) is 66.6. The third-order valence-electron chi connectivity index (χ3n) is 6.05. The summed E-state index contributed by atoms with van der Waals surface area (Å²) in [7, 11) is 0. The molecule has 42 heavy (non-hydrogen) atoms. The molecule has 0 aliphatic carbocycles. The van der Waals surface area contributed by atoms with Crippen molar-refractivity contribution < 1.29 is 38.2 Å². The van der Waals surface area contributed by atoms with E-state index in [1.54, 1.807) is 62.4 Å². The molecule has 0 spiro atoms. The fraction of sp³-hybridized carbons (Fsp3) is 0.310. The van der Waals surface area contributed by atoms with Gasteiger partial charge in [0.2, 0.25) is 17.6 Å². The highest BCUT2D eigenvalue weighted by atomic mass is 35.5. The highest BCUT2D eigenvalue weighted by molar-refractivity contribution is 6.33. The Morgan fingerprint density at radius 2 is 1.60 bits per heavy atom. The summed E-state index contributed by atoms with van der Waals surface area (Å²) in [6.45, 7) is 4.74. The minimum Gasteiger partial charge on any atom is -0.481 e. The molecule has 1 heterocycles. The molecule has 3 amide bonds. The van der Waals surface area contributed by atoms with Crippen molar-refractivity contribution in [1.29, 1.82) is 0 Å². The van der Waals surface area contributed by atoms with Crippen molar-refractivity contribution in [2.45, 2.75) is 51.9 Å². The highest BCUT2D eigenvalue weighted by Gasteiger charge is 2.32. The van der Waals surface area contributed by atoms with Crippen LogP contribution in [0.1, 0.15) is 43.4 Å². The molecular formula is C29H31ClN4O8. The maximum atomic E-state index is 13.1. The number of alkyl carbamates (subject to hydrolysis) is 1. The number of carbonyl (C=O) groups excluding carboxylic acids is 4. The van der Waals surface area contributed by atoms with Gasteiger partial charge in [0.25, 0.3) is 5.89 Å². The molecule has 222 valence electrons. The van der Waals surface area contributed by atoms with Gasteiger partial charge in [0.1, 0.15) is 24.7 Å². The Balaban J connectivity index is 1.62. The molecule has 3 aromatic rings. The molecule has 0 aliphatic heterocycles. The molecule has 1 aromatic heterocycles. The van der Waals surface area contributed by atoms with Crippen LogP contribution in [0.25, 0.3) is 11.3 Å². The molecule has 4 N–H and O–H groups in total. The molecule has 0 saturated heterocycles. The van der Waals surface area contributed by atoms with Gasteiger partial charge in [-0.05, 0) is 30.5 Å². The summed E-state index contributed by atoms with van der Waals surface area (Å²) >= 11 is 6.16. The summed E-state index contributed by atoms with van der Waals surface area (Å²) < 4.78 is 10.7. The first kappa shape index (κ1) is 31.8. The highest BCUT2D eigenvalue weighted by Crippen LogP contribution is 2.28. The molecule has 3 unspecified atom stereocenters. The molecule has 3 rings (SSSR count). The number of carboxylic acids is 1. The summed E-state index contributed by atoms with van der Waals surface area (Å²) in [6, 6.07) is 11.9. The average Bonchev–Trinajstić information content (AvgIpc) is 3.44. The van der Waals surface area contributed by atoms with Crippen molar-refractivity contribution in [2.75, 3.05) is 0 Å². The summed E-state index contributed by atoms with van der Waals surface area (Å²) in [5, 5.41) is 17.0. The minimum atomic E-state index is -1.54. The summed E-state index contributed by atoms with van der Waals surface area (Å²) in [5.41, 5.74) is 1.23. The van der Waals surface area contributed by atoms with Gasteiger partial charge < -0.3 is 30.2 Å². The van der Waals surface area contributed by atoms with E-state index in [0.717, 1.165) is 5.56 Å². The Morgan fingerprint density at radius 1 is 0.929 bits per heavy atom. The van der Waals surface area contributed by atoms with E-state index in [0.29, 0.717) is 10.6 Å². The predicted octanol–water partition coefficient (Wildman–Crippen LogP) is 3.59. The zero-order valence-electron chi connectivity index (χ0n) is 23.1. The molecule has 13 heteroatoms. The van der Waals surface area contributed by atoms with E-state index in [1.165, 1.54) is 13.1 Å². The Bertz CT molecular complexity index is 1430. The number of ketones is 1. The number of oxazole rings is 1. The Morgan fingerprint density at radius 3 is 2.24 bits per heavy atom. The quantitative estimate of drug-likeness (QED) is 0.214. The van der Waals surface area contributed by atoms with E-state index in [2.05, 4.69) is 20.9 Å². The van der Waals surface area contributed by atoms with Gasteiger partial charge in [0, 0.05) is 5.56 Å². The monoisotopic (exact) mass is 598 g/mol. The Labute approximate surface area is 246 Å². The van der Waals surface area contributed by atoms with Gasteiger partial charge in [-0.1, -0.05) is 67.9 Å². The molecule has 0 aliphatic rings. The van der Waals surface area contributed by atoms with E-state index >= 15 is 0 Å². The van der Waals surface area contributed by atoms with Crippen LogP contribution in [-0.2, 0) is 25.7 Å². The minimum absolute atomic E-state index is 0.00131. The number of hydrogen-bond donors (Lipinski definition) is 4. The van der Waals surface area contributed by atoms with Crippen LogP contribution < -0.4 is 16.0 Å². The lowest BCUT2D eigenvalue weighted by Crippen LogP contribution is -2.56. The zero-order chi connectivity index (χ0) is 30.8. The number of nitrogens with one attached hydrogen (secondary N) is 3. The van der Waals surface area contributed by atoms with Crippen LogP contribution in [0.4, 0.5) is 4.79 Å². The van der Waals surface area contributed by atoms with Crippen LogP contribution in [0.5, 0.6) is 0 Å². The normalized spacial score (nSPS) is 13.0. The number of rotatable bonds is 13. The molecule has 0 radical (unpaired) electrons. The maximum Gasteiger partial charge on any atom is 0.408 e. The number of aromatic nitrogens is 1. The van der Waals surface area contributed by atoms with Gasteiger partial charge in [-0.3, -0.25) is 19.2 Å². The largest absolute Gasteiger partial charge is 0.481 e. The van der Waals surface area contributed by atoms with Crippen LogP contribution in [0.2, 0.25) is 5.02 Å². The van der Waals surface area contributed by atoms with E-state index < -0.39 is 60.1 Å². The number of Topliss-reactive ketones (excluding diaryl/α,β-unsaturated/α-hetero) is 1. The van der Waals surface area contributed by atoms with Crippen LogP contribution >= 0.6 is 11.6 Å². The molecule has 0 bridgehead atoms. The molecular weight excluding hydrogens is 568 g/mol. The van der Waals surface area contributed by atoms with Crippen LogP contribution in [-0.4, -0.2) is 57.9 Å². The van der Waals surface area contributed by atoms with Gasteiger partial charge in [-0.15, -0.1) is 0 Å². The second-order valence-electron chi connectivity index (χ2n) is 9.69. The number of halogens is 1. The van der Waals surface area contributed by atoms with Crippen molar-refractivity contribution in [3.05, 3.63) is 77.3 Å². The van der Waals surface area contributed by atoms with E-state index in [9.17, 15) is 29.1 Å². The first-order valence-corrected chi connectivity index (χ1v) is 13.4. The number of carboxylic acid groups (broad SMARTS) is 1. The van der Waals surface area contributed by atoms with Crippen LogP contribution in [0.15, 0.2) is 65.2 Å². The first-order chi connectivity index (χ1) is 20.0. The van der Waals surface area contributed by atoms with Gasteiger partial charge >= 0.3 is 12.1 Å². The molecule has 12 nitrogen and oxygen atoms in total. The topological polar surface area (TPSA) is 177 Å². The third-order valence-corrected chi connectivity index (χ3v) is 6.38. The van der Waals surface area contributed by atoms with Crippen LogP contribution in [0.3, 0.4) is 0 Å². The second kappa shape index (κ2) is 14.8. The van der Waals surface area contributed by atoms with E-state index in [1.807, 2.05) is 6.07 Å². The third kappa shape index (κ3) is 8.90. The summed E-state index contributed by atoms with van der Waals surface area (Å²) in [5.74, 6) is -4.38. The average molecular weight is 599 g/mol. The van der Waals surface area contributed by atoms with Crippen molar-refractivity contribution in [3.8, 4) is 11.3 Å². The van der Waals surface area contributed by atoms with Crippen molar-refractivity contribution in [2.24, 2.45) is 5.92 Å². The number of aliphatic carboxylic acids is 1. The number of amides is 3. The molecule has 0 saturated carbocycles. The van der Waals surface area contributed by atoms with Gasteiger partial charge in [-0.2, -0.15) is 0 Å². The van der Waals surface area contributed by atoms with Gasteiger partial charge in [0.15, 0.2) is 5.76 Å². The maximum absolute atomic E-state index is 13.1. The van der Waals surface area contributed by atoms with Crippen molar-refractivity contribution >= 4 is 41.3 Å². The van der Waals surface area contributed by atoms with E-state index in [4.69, 9.17) is 20.8 Å². The summed E-state index contributed by atoms with van der Waals surface area (Å²) in [6.07, 6.45) is -0.321. The van der Waals surface area contributed by atoms with Gasteiger partial charge in [0.05, 0.1) is 17.6 Å². The fourth-order valence-electron chi connectivity index (χ4n) is 3.80. The SMILES string of the molecule is CC(NC(=O)C(NC(=O)OCc1ccccc1)C(C)C)C(=O)NC(CC(=O)O)C(=O)c1ncc(-c2ccccc2Cl)o1. The standard InChI is InChI=1S/C29H31ClN4O8/c1-16(2)24(34-29(40)41-15-18-9-5-4-6-10-18)27(39)32-17(3)26(38)33-21(13-23(35)36)25(37)28-31-14-22(42-28)19-11-7-8-12-20(19)30/h4-12,14,16-17,21,24H,13,15H2,1-3H3,(H,32,39)(H,33,38)(H,34,40)(H,35,36). The van der Waals surface area contributed by atoms with Crippen molar-refractivity contribution in [1.82, 2.24) is 20.9 Å². The molecule has 0 fully saturated rings. The molecule has 3 atom stereocenters. The first-order valence-electron chi connectivity index (χ1n) is 13.0. The number of carbonyl (C=O) groups is 5. The second-order valence-corrected chi connectivity index (χ2v) is 10.1. The number of ether oxygens (including phenoxy) is 1. The smallest absolute Gasteiger partial charge is 0.408 e. The fourth-order valence-corrected chi connectivity index (χ4v) is 4.03. The predicted molar refractivity (Wildman–Crippen MR) is 151 cm³/mol.